The average molecular weight is 453 g/mol. The molecule has 29 heavy (non-hydrogen) atoms. The minimum Gasteiger partial charge on any atom is -0.496 e. The third-order valence-corrected chi connectivity index (χ3v) is 5.84. The summed E-state index contributed by atoms with van der Waals surface area (Å²) in [5.41, 5.74) is 2.39. The molecule has 0 unspecified atom stereocenters. The fourth-order valence-corrected chi connectivity index (χ4v) is 3.54. The molecule has 11 heteroatoms. The highest BCUT2D eigenvalue weighted by Gasteiger charge is 2.18. The lowest BCUT2D eigenvalue weighted by atomic mass is 10.1. The van der Waals surface area contributed by atoms with Gasteiger partial charge in [0.25, 0.3) is 0 Å². The Hall–Kier alpha value is -2.49. The van der Waals surface area contributed by atoms with Gasteiger partial charge in [0.1, 0.15) is 5.75 Å². The number of nitrogens with zero attached hydrogens (tertiary/aromatic N) is 4. The molecule has 3 N–H and O–H groups in total. The first kappa shape index (κ1) is 21.2. The van der Waals surface area contributed by atoms with Crippen molar-refractivity contribution in [3.05, 3.63) is 45.6 Å². The number of carbonyl (C=O) groups excluding carboxylic acids is 1. The van der Waals surface area contributed by atoms with E-state index in [2.05, 4.69) is 20.5 Å². The molecular formula is C18H18Cl2N6O2S. The topological polar surface area (TPSA) is 108 Å². The zero-order chi connectivity index (χ0) is 21.1. The van der Waals surface area contributed by atoms with Crippen molar-refractivity contribution in [2.45, 2.75) is 19.0 Å². The second-order valence-corrected chi connectivity index (χ2v) is 7.84. The van der Waals surface area contributed by atoms with Gasteiger partial charge in [-0.05, 0) is 31.5 Å². The van der Waals surface area contributed by atoms with E-state index < -0.39 is 0 Å². The molecule has 2 aromatic heterocycles. The number of nitrogens with one attached hydrogen (secondary N) is 1. The van der Waals surface area contributed by atoms with Crippen molar-refractivity contribution < 1.29 is 9.53 Å². The summed E-state index contributed by atoms with van der Waals surface area (Å²) in [6.45, 7) is 3.70. The Bertz CT molecular complexity index is 1070. The second-order valence-electron chi connectivity index (χ2n) is 6.11. The molecule has 152 valence electrons. The number of methoxy groups -OCH3 is 1. The van der Waals surface area contributed by atoms with Crippen LogP contribution >= 0.6 is 35.0 Å². The van der Waals surface area contributed by atoms with E-state index in [4.69, 9.17) is 33.8 Å². The summed E-state index contributed by atoms with van der Waals surface area (Å²) < 4.78 is 6.70. The molecule has 3 aromatic rings. The van der Waals surface area contributed by atoms with Crippen LogP contribution in [-0.4, -0.2) is 38.6 Å². The van der Waals surface area contributed by atoms with Crippen LogP contribution in [0, 0.1) is 13.8 Å². The summed E-state index contributed by atoms with van der Waals surface area (Å²) in [5, 5.41) is 12.0. The van der Waals surface area contributed by atoms with Crippen LogP contribution in [0.4, 0.5) is 5.82 Å². The van der Waals surface area contributed by atoms with Crippen molar-refractivity contribution in [3.63, 3.8) is 0 Å². The monoisotopic (exact) mass is 452 g/mol. The van der Waals surface area contributed by atoms with Gasteiger partial charge in [0, 0.05) is 6.20 Å². The van der Waals surface area contributed by atoms with Crippen molar-refractivity contribution in [1.29, 1.82) is 0 Å². The number of anilines is 1. The number of rotatable bonds is 6. The number of hydrogen-bond acceptors (Lipinski definition) is 7. The Morgan fingerprint density at radius 2 is 2.07 bits per heavy atom. The number of aryl methyl sites for hydroxylation is 1. The van der Waals surface area contributed by atoms with Crippen LogP contribution in [0.15, 0.2) is 29.6 Å². The van der Waals surface area contributed by atoms with Gasteiger partial charge in [-0.3, -0.25) is 4.79 Å². The standard InChI is InChI=1S/C18H18Cl2N6O2S/c1-9-4-5-13(28-3)11(6-9)17-24-25-18(26(17)21)29-8-14(27)23-16-15(20)10(2)12(19)7-22-16/h4-7H,8,21H2,1-3H3,(H,22,23,27). The second kappa shape index (κ2) is 8.89. The van der Waals surface area contributed by atoms with Gasteiger partial charge in [-0.1, -0.05) is 46.6 Å². The normalized spacial score (nSPS) is 10.8. The molecule has 0 atom stereocenters. The quantitative estimate of drug-likeness (QED) is 0.433. The number of hydrogen-bond donors (Lipinski definition) is 2. The van der Waals surface area contributed by atoms with Crippen LogP contribution in [0.2, 0.25) is 10.0 Å². The Morgan fingerprint density at radius 3 is 2.79 bits per heavy atom. The number of halogens is 2. The molecule has 1 aromatic carbocycles. The summed E-state index contributed by atoms with van der Waals surface area (Å²) in [6, 6.07) is 5.67. The Morgan fingerprint density at radius 1 is 1.31 bits per heavy atom. The molecule has 0 saturated heterocycles. The molecule has 0 saturated carbocycles. The maximum Gasteiger partial charge on any atom is 0.236 e. The molecule has 2 heterocycles. The molecule has 0 aliphatic heterocycles. The van der Waals surface area contributed by atoms with Crippen LogP contribution in [0.3, 0.4) is 0 Å². The first-order valence-electron chi connectivity index (χ1n) is 8.40. The third-order valence-electron chi connectivity index (χ3n) is 4.05. The predicted molar refractivity (Wildman–Crippen MR) is 115 cm³/mol. The number of amides is 1. The highest BCUT2D eigenvalue weighted by molar-refractivity contribution is 7.99. The zero-order valence-corrected chi connectivity index (χ0v) is 18.2. The lowest BCUT2D eigenvalue weighted by Gasteiger charge is -2.10. The van der Waals surface area contributed by atoms with Gasteiger partial charge >= 0.3 is 0 Å². The number of aromatic nitrogens is 4. The summed E-state index contributed by atoms with van der Waals surface area (Å²) in [5.74, 6) is 7.18. The molecule has 0 bridgehead atoms. The van der Waals surface area contributed by atoms with E-state index in [0.717, 1.165) is 17.3 Å². The van der Waals surface area contributed by atoms with Crippen molar-refractivity contribution in [2.24, 2.45) is 0 Å². The maximum absolute atomic E-state index is 12.3. The number of thioether (sulfide) groups is 1. The Balaban J connectivity index is 1.72. The lowest BCUT2D eigenvalue weighted by Crippen LogP contribution is -2.17. The Kier molecular flexibility index (Phi) is 6.51. The zero-order valence-electron chi connectivity index (χ0n) is 15.9. The lowest BCUT2D eigenvalue weighted by molar-refractivity contribution is -0.113. The average Bonchev–Trinajstić information content (AvgIpc) is 3.07. The largest absolute Gasteiger partial charge is 0.496 e. The molecule has 0 radical (unpaired) electrons. The van der Waals surface area contributed by atoms with Crippen LogP contribution in [-0.2, 0) is 4.79 Å². The van der Waals surface area contributed by atoms with E-state index in [9.17, 15) is 4.79 Å². The van der Waals surface area contributed by atoms with Crippen LogP contribution < -0.4 is 15.9 Å². The first-order valence-corrected chi connectivity index (χ1v) is 10.1. The third kappa shape index (κ3) is 4.58. The number of benzene rings is 1. The summed E-state index contributed by atoms with van der Waals surface area (Å²) in [4.78, 5) is 16.3. The number of carbonyl (C=O) groups is 1. The molecule has 0 fully saturated rings. The number of pyridine rings is 1. The van der Waals surface area contributed by atoms with Gasteiger partial charge in [-0.2, -0.15) is 0 Å². The van der Waals surface area contributed by atoms with E-state index >= 15 is 0 Å². The van der Waals surface area contributed by atoms with E-state index in [0.29, 0.717) is 37.9 Å². The van der Waals surface area contributed by atoms with Crippen LogP contribution in [0.25, 0.3) is 11.4 Å². The van der Waals surface area contributed by atoms with Crippen molar-refractivity contribution in [3.8, 4) is 17.1 Å². The molecule has 0 spiro atoms. The van der Waals surface area contributed by atoms with Gasteiger partial charge in [0.05, 0.1) is 28.5 Å². The van der Waals surface area contributed by atoms with Gasteiger partial charge in [-0.15, -0.1) is 10.2 Å². The maximum atomic E-state index is 12.3. The molecule has 0 aliphatic carbocycles. The molecule has 8 nitrogen and oxygen atoms in total. The van der Waals surface area contributed by atoms with Crippen molar-refractivity contribution in [2.75, 3.05) is 24.0 Å². The van der Waals surface area contributed by atoms with E-state index in [1.165, 1.54) is 10.9 Å². The Labute approximate surface area is 181 Å². The molecular weight excluding hydrogens is 435 g/mol. The summed E-state index contributed by atoms with van der Waals surface area (Å²) in [7, 11) is 1.57. The van der Waals surface area contributed by atoms with Gasteiger partial charge in [0.2, 0.25) is 11.1 Å². The number of nitrogen functional groups attached to an aromatic ring is 1. The number of ether oxygens (including phenoxy) is 1. The fourth-order valence-electron chi connectivity index (χ4n) is 2.50. The minimum absolute atomic E-state index is 0.0416. The predicted octanol–water partition coefficient (Wildman–Crippen LogP) is 3.72. The van der Waals surface area contributed by atoms with Gasteiger partial charge < -0.3 is 15.9 Å². The van der Waals surface area contributed by atoms with E-state index in [1.807, 2.05) is 25.1 Å². The first-order chi connectivity index (χ1) is 13.8. The summed E-state index contributed by atoms with van der Waals surface area (Å²) >= 11 is 13.3. The van der Waals surface area contributed by atoms with E-state index in [-0.39, 0.29) is 17.5 Å². The van der Waals surface area contributed by atoms with Crippen molar-refractivity contribution in [1.82, 2.24) is 19.9 Å². The molecule has 1 amide bonds. The minimum atomic E-state index is -0.316. The number of nitrogens with two attached hydrogens (primary N) is 1. The van der Waals surface area contributed by atoms with Crippen molar-refractivity contribution >= 4 is 46.7 Å². The fraction of sp³-hybridized carbons (Fsp3) is 0.222. The smallest absolute Gasteiger partial charge is 0.236 e. The highest BCUT2D eigenvalue weighted by atomic mass is 35.5. The SMILES string of the molecule is COc1ccc(C)cc1-c1nnc(SCC(=O)Nc2ncc(Cl)c(C)c2Cl)n1N. The van der Waals surface area contributed by atoms with E-state index in [1.54, 1.807) is 14.0 Å². The van der Waals surface area contributed by atoms with Gasteiger partial charge in [-0.25, -0.2) is 9.66 Å². The van der Waals surface area contributed by atoms with Crippen LogP contribution in [0.5, 0.6) is 5.75 Å². The van der Waals surface area contributed by atoms with Crippen LogP contribution in [0.1, 0.15) is 11.1 Å². The summed E-state index contributed by atoms with van der Waals surface area (Å²) in [6.07, 6.45) is 1.43. The molecule has 0 aliphatic rings. The highest BCUT2D eigenvalue weighted by Crippen LogP contribution is 2.31. The van der Waals surface area contributed by atoms with Gasteiger partial charge in [0.15, 0.2) is 11.6 Å². The molecule has 3 rings (SSSR count).